The molecule has 0 aromatic carbocycles. The normalized spacial score (nSPS) is 10.7. The van der Waals surface area contributed by atoms with Gasteiger partial charge in [-0.3, -0.25) is 4.79 Å². The van der Waals surface area contributed by atoms with Crippen LogP contribution in [0.25, 0.3) is 6.08 Å². The number of carbonyl (C=O) groups excluding carboxylic acids is 2. The molecular formula is C14H12INO5. The summed E-state index contributed by atoms with van der Waals surface area (Å²) in [7, 11) is 0. The maximum absolute atomic E-state index is 11.4. The molecule has 1 amide bonds. The quantitative estimate of drug-likeness (QED) is 0.457. The van der Waals surface area contributed by atoms with Crippen molar-refractivity contribution in [3.63, 3.8) is 0 Å². The van der Waals surface area contributed by atoms with E-state index in [9.17, 15) is 9.59 Å². The number of halogens is 1. The minimum Gasteiger partial charge on any atom is -0.467 e. The minimum absolute atomic E-state index is 0.254. The smallest absolute Gasteiger partial charge is 0.331 e. The molecule has 0 saturated heterocycles. The van der Waals surface area contributed by atoms with Gasteiger partial charge in [-0.05, 0) is 52.9 Å². The van der Waals surface area contributed by atoms with Gasteiger partial charge < -0.3 is 18.9 Å². The summed E-state index contributed by atoms with van der Waals surface area (Å²) in [6.45, 7) is -0.0936. The Morgan fingerprint density at radius 1 is 1.33 bits per heavy atom. The predicted octanol–water partition coefficient (Wildman–Crippen LogP) is 2.35. The fourth-order valence-electron chi connectivity index (χ4n) is 1.40. The van der Waals surface area contributed by atoms with Crippen molar-refractivity contribution in [2.45, 2.75) is 6.54 Å². The molecule has 0 aliphatic carbocycles. The molecular weight excluding hydrogens is 389 g/mol. The standard InChI is InChI=1S/C14H12INO5/c15-12-5-3-10(21-12)4-6-14(18)20-9-13(17)16-8-11-2-1-7-19-11/h1-7H,8-9H2,(H,16,17)/b6-4+. The van der Waals surface area contributed by atoms with Gasteiger partial charge in [0.05, 0.1) is 12.8 Å². The Kier molecular flexibility index (Phi) is 5.61. The van der Waals surface area contributed by atoms with Gasteiger partial charge in [-0.1, -0.05) is 0 Å². The van der Waals surface area contributed by atoms with E-state index in [-0.39, 0.29) is 13.2 Å². The molecule has 2 aromatic rings. The number of nitrogens with one attached hydrogen (secondary N) is 1. The first kappa shape index (κ1) is 15.4. The molecule has 6 nitrogen and oxygen atoms in total. The van der Waals surface area contributed by atoms with Gasteiger partial charge >= 0.3 is 5.97 Å². The van der Waals surface area contributed by atoms with Crippen molar-refractivity contribution in [1.29, 1.82) is 0 Å². The van der Waals surface area contributed by atoms with Crippen LogP contribution in [0.3, 0.4) is 0 Å². The lowest BCUT2D eigenvalue weighted by Crippen LogP contribution is -2.27. The predicted molar refractivity (Wildman–Crippen MR) is 82.0 cm³/mol. The molecule has 0 bridgehead atoms. The van der Waals surface area contributed by atoms with Crippen molar-refractivity contribution in [2.24, 2.45) is 0 Å². The monoisotopic (exact) mass is 401 g/mol. The number of hydrogen-bond donors (Lipinski definition) is 1. The van der Waals surface area contributed by atoms with Gasteiger partial charge in [-0.2, -0.15) is 0 Å². The summed E-state index contributed by atoms with van der Waals surface area (Å²) >= 11 is 2.02. The Bertz CT molecular complexity index is 630. The number of rotatable bonds is 6. The van der Waals surface area contributed by atoms with Crippen molar-refractivity contribution in [3.8, 4) is 0 Å². The molecule has 0 radical (unpaired) electrons. The van der Waals surface area contributed by atoms with Crippen LogP contribution in [0.2, 0.25) is 0 Å². The highest BCUT2D eigenvalue weighted by atomic mass is 127. The Balaban J connectivity index is 1.68. The van der Waals surface area contributed by atoms with Crippen LogP contribution in [-0.4, -0.2) is 18.5 Å². The van der Waals surface area contributed by atoms with Crippen LogP contribution in [0.15, 0.2) is 45.4 Å². The highest BCUT2D eigenvalue weighted by Gasteiger charge is 2.06. The molecule has 0 unspecified atom stereocenters. The van der Waals surface area contributed by atoms with E-state index in [4.69, 9.17) is 13.6 Å². The Morgan fingerprint density at radius 2 is 2.19 bits per heavy atom. The van der Waals surface area contributed by atoms with Crippen LogP contribution < -0.4 is 5.32 Å². The van der Waals surface area contributed by atoms with Crippen molar-refractivity contribution in [2.75, 3.05) is 6.61 Å². The van der Waals surface area contributed by atoms with Crippen LogP contribution in [-0.2, 0) is 20.9 Å². The molecule has 1 N–H and O–H groups in total. The van der Waals surface area contributed by atoms with Crippen molar-refractivity contribution >= 4 is 40.5 Å². The molecule has 110 valence electrons. The molecule has 0 aliphatic rings. The average molecular weight is 401 g/mol. The van der Waals surface area contributed by atoms with Gasteiger partial charge in [0, 0.05) is 6.08 Å². The molecule has 2 heterocycles. The summed E-state index contributed by atoms with van der Waals surface area (Å²) < 4.78 is 15.8. The van der Waals surface area contributed by atoms with Gasteiger partial charge in [0.25, 0.3) is 5.91 Å². The van der Waals surface area contributed by atoms with E-state index in [0.717, 1.165) is 3.77 Å². The Labute approximate surface area is 134 Å². The highest BCUT2D eigenvalue weighted by Crippen LogP contribution is 2.11. The largest absolute Gasteiger partial charge is 0.467 e. The van der Waals surface area contributed by atoms with E-state index < -0.39 is 11.9 Å². The summed E-state index contributed by atoms with van der Waals surface area (Å²) in [6, 6.07) is 6.96. The lowest BCUT2D eigenvalue weighted by Gasteiger charge is -2.03. The van der Waals surface area contributed by atoms with Crippen LogP contribution in [0.1, 0.15) is 11.5 Å². The van der Waals surface area contributed by atoms with Crippen molar-refractivity contribution < 1.29 is 23.2 Å². The summed E-state index contributed by atoms with van der Waals surface area (Å²) in [5.41, 5.74) is 0. The van der Waals surface area contributed by atoms with E-state index in [1.54, 1.807) is 24.3 Å². The molecule has 0 spiro atoms. The SMILES string of the molecule is O=C(COC(=O)/C=C/c1ccc(I)o1)NCc1ccco1. The lowest BCUT2D eigenvalue weighted by molar-refractivity contribution is -0.143. The van der Waals surface area contributed by atoms with E-state index in [1.165, 1.54) is 18.4 Å². The van der Waals surface area contributed by atoms with E-state index in [0.29, 0.717) is 11.5 Å². The van der Waals surface area contributed by atoms with Gasteiger partial charge in [0.15, 0.2) is 10.4 Å². The zero-order chi connectivity index (χ0) is 15.1. The first-order chi connectivity index (χ1) is 10.1. The van der Waals surface area contributed by atoms with Gasteiger partial charge in [-0.25, -0.2) is 4.79 Å². The molecule has 0 fully saturated rings. The van der Waals surface area contributed by atoms with Crippen LogP contribution in [0.4, 0.5) is 0 Å². The fourth-order valence-corrected chi connectivity index (χ4v) is 1.84. The number of esters is 1. The first-order valence-electron chi connectivity index (χ1n) is 6.03. The summed E-state index contributed by atoms with van der Waals surface area (Å²) in [4.78, 5) is 22.9. The second-order valence-corrected chi connectivity index (χ2v) is 5.00. The maximum atomic E-state index is 11.4. The minimum atomic E-state index is -0.616. The van der Waals surface area contributed by atoms with Crippen LogP contribution in [0, 0.1) is 3.77 Å². The zero-order valence-electron chi connectivity index (χ0n) is 10.9. The molecule has 2 aromatic heterocycles. The number of amides is 1. The Morgan fingerprint density at radius 3 is 2.86 bits per heavy atom. The molecule has 0 aliphatic heterocycles. The number of furan rings is 2. The topological polar surface area (TPSA) is 81.7 Å². The average Bonchev–Trinajstić information content (AvgIpc) is 3.12. The summed E-state index contributed by atoms with van der Waals surface area (Å²) in [5.74, 6) is 0.149. The molecule has 2 rings (SSSR count). The first-order valence-corrected chi connectivity index (χ1v) is 7.10. The van der Waals surface area contributed by atoms with Gasteiger partial charge in [0.1, 0.15) is 11.5 Å². The highest BCUT2D eigenvalue weighted by molar-refractivity contribution is 14.1. The second-order valence-electron chi connectivity index (χ2n) is 3.94. The van der Waals surface area contributed by atoms with Gasteiger partial charge in [-0.15, -0.1) is 0 Å². The third-order valence-corrected chi connectivity index (χ3v) is 2.94. The zero-order valence-corrected chi connectivity index (χ0v) is 13.0. The third kappa shape index (κ3) is 5.46. The van der Waals surface area contributed by atoms with Crippen LogP contribution in [0.5, 0.6) is 0 Å². The van der Waals surface area contributed by atoms with Crippen molar-refractivity contribution in [3.05, 3.63) is 51.9 Å². The lowest BCUT2D eigenvalue weighted by atomic mass is 10.4. The Hall–Kier alpha value is -2.03. The van der Waals surface area contributed by atoms with Gasteiger partial charge in [0.2, 0.25) is 0 Å². The maximum Gasteiger partial charge on any atom is 0.331 e. The number of ether oxygens (including phenoxy) is 1. The van der Waals surface area contributed by atoms with E-state index in [2.05, 4.69) is 5.32 Å². The molecule has 0 saturated carbocycles. The summed E-state index contributed by atoms with van der Waals surface area (Å²) in [6.07, 6.45) is 4.20. The second kappa shape index (κ2) is 7.67. The van der Waals surface area contributed by atoms with E-state index >= 15 is 0 Å². The van der Waals surface area contributed by atoms with E-state index in [1.807, 2.05) is 22.6 Å². The number of carbonyl (C=O) groups is 2. The molecule has 21 heavy (non-hydrogen) atoms. The van der Waals surface area contributed by atoms with Crippen LogP contribution >= 0.6 is 22.6 Å². The molecule has 7 heteroatoms. The summed E-state index contributed by atoms with van der Waals surface area (Å²) in [5, 5.41) is 2.56. The number of hydrogen-bond acceptors (Lipinski definition) is 5. The fraction of sp³-hybridized carbons (Fsp3) is 0.143. The third-order valence-electron chi connectivity index (χ3n) is 2.36. The van der Waals surface area contributed by atoms with Crippen molar-refractivity contribution in [1.82, 2.24) is 5.32 Å². The molecule has 0 atom stereocenters.